The maximum Gasteiger partial charge on any atom is 0.241 e. The van der Waals surface area contributed by atoms with Gasteiger partial charge in [-0.25, -0.2) is 21.6 Å². The van der Waals surface area contributed by atoms with Gasteiger partial charge in [0.2, 0.25) is 26.0 Å². The van der Waals surface area contributed by atoms with Gasteiger partial charge in [0.1, 0.15) is 0 Å². The van der Waals surface area contributed by atoms with Crippen molar-refractivity contribution in [3.05, 3.63) is 59.1 Å². The van der Waals surface area contributed by atoms with E-state index in [0.717, 1.165) is 0 Å². The van der Waals surface area contributed by atoms with Gasteiger partial charge in [-0.3, -0.25) is 4.79 Å². The molecule has 2 rings (SSSR count). The van der Waals surface area contributed by atoms with Crippen LogP contribution >= 0.6 is 11.6 Å². The average molecular weight is 446 g/mol. The molecule has 0 bridgehead atoms. The van der Waals surface area contributed by atoms with Crippen LogP contribution in [0, 0.1) is 0 Å². The van der Waals surface area contributed by atoms with Crippen LogP contribution in [0.5, 0.6) is 0 Å². The molecule has 2 aromatic rings. The fourth-order valence-electron chi connectivity index (χ4n) is 2.25. The van der Waals surface area contributed by atoms with Crippen LogP contribution in [-0.4, -0.2) is 35.8 Å². The summed E-state index contributed by atoms with van der Waals surface area (Å²) in [5, 5.41) is 2.97. The molecule has 0 spiro atoms. The van der Waals surface area contributed by atoms with Crippen molar-refractivity contribution in [3.8, 4) is 0 Å². The number of halogens is 1. The number of hydrogen-bond donors (Lipinski definition) is 3. The van der Waals surface area contributed by atoms with Gasteiger partial charge in [0.25, 0.3) is 0 Å². The predicted molar refractivity (Wildman–Crippen MR) is 106 cm³/mol. The van der Waals surface area contributed by atoms with Crippen molar-refractivity contribution in [1.82, 2.24) is 14.8 Å². The molecule has 0 aliphatic heterocycles. The molecule has 0 radical (unpaired) electrons. The molecule has 0 aliphatic carbocycles. The van der Waals surface area contributed by atoms with E-state index in [4.69, 9.17) is 11.6 Å². The summed E-state index contributed by atoms with van der Waals surface area (Å²) in [6.07, 6.45) is 0. The van der Waals surface area contributed by atoms with E-state index in [2.05, 4.69) is 14.8 Å². The van der Waals surface area contributed by atoms with Gasteiger partial charge in [-0.2, -0.15) is 4.72 Å². The molecule has 28 heavy (non-hydrogen) atoms. The Hall–Kier alpha value is -1.98. The zero-order chi connectivity index (χ0) is 20.9. The van der Waals surface area contributed by atoms with Crippen LogP contribution in [0.1, 0.15) is 12.5 Å². The van der Waals surface area contributed by atoms with Crippen molar-refractivity contribution in [2.45, 2.75) is 29.3 Å². The number of sulfonamides is 2. The molecule has 0 aromatic heterocycles. The largest absolute Gasteiger partial charge is 0.351 e. The van der Waals surface area contributed by atoms with Gasteiger partial charge in [-0.05, 0) is 55.9 Å². The van der Waals surface area contributed by atoms with E-state index >= 15 is 0 Å². The summed E-state index contributed by atoms with van der Waals surface area (Å²) in [4.78, 5) is 12.3. The highest BCUT2D eigenvalue weighted by Gasteiger charge is 2.22. The van der Waals surface area contributed by atoms with E-state index in [-0.39, 0.29) is 16.3 Å². The molecule has 0 saturated heterocycles. The van der Waals surface area contributed by atoms with Gasteiger partial charge in [0.05, 0.1) is 15.8 Å². The molecular weight excluding hydrogens is 426 g/mol. The molecule has 152 valence electrons. The second kappa shape index (κ2) is 9.01. The van der Waals surface area contributed by atoms with Crippen molar-refractivity contribution < 1.29 is 21.6 Å². The number of nitrogens with one attached hydrogen (secondary N) is 3. The Balaban J connectivity index is 2.01. The first-order chi connectivity index (χ1) is 13.0. The van der Waals surface area contributed by atoms with E-state index in [1.165, 1.54) is 50.4 Å². The minimum atomic E-state index is -3.89. The average Bonchev–Trinajstić information content (AvgIpc) is 2.66. The molecule has 0 saturated carbocycles. The van der Waals surface area contributed by atoms with Crippen molar-refractivity contribution in [1.29, 1.82) is 0 Å². The lowest BCUT2D eigenvalue weighted by atomic mass is 10.2. The summed E-state index contributed by atoms with van der Waals surface area (Å²) in [6.45, 7) is 1.45. The Labute approximate surface area is 169 Å². The second-order valence-corrected chi connectivity index (χ2v) is 9.91. The lowest BCUT2D eigenvalue weighted by Gasteiger charge is -2.15. The Morgan fingerprint density at radius 2 is 1.64 bits per heavy atom. The molecule has 1 amide bonds. The first-order valence-electron chi connectivity index (χ1n) is 8.13. The molecule has 0 heterocycles. The van der Waals surface area contributed by atoms with Crippen LogP contribution < -0.4 is 14.8 Å². The number of carbonyl (C=O) groups is 1. The third kappa shape index (κ3) is 5.76. The Kier molecular flexibility index (Phi) is 7.18. The van der Waals surface area contributed by atoms with E-state index in [1.54, 1.807) is 12.1 Å². The van der Waals surface area contributed by atoms with Gasteiger partial charge in [-0.15, -0.1) is 0 Å². The van der Waals surface area contributed by atoms with Gasteiger partial charge in [-0.1, -0.05) is 23.7 Å². The maximum absolute atomic E-state index is 12.3. The molecule has 0 aliphatic rings. The molecule has 11 heteroatoms. The predicted octanol–water partition coefficient (Wildman–Crippen LogP) is 1.23. The summed E-state index contributed by atoms with van der Waals surface area (Å²) < 4.78 is 52.8. The second-order valence-electron chi connectivity index (χ2n) is 5.87. The number of carbonyl (C=O) groups excluding carboxylic acids is 1. The van der Waals surface area contributed by atoms with Crippen molar-refractivity contribution in [2.24, 2.45) is 0 Å². The topological polar surface area (TPSA) is 121 Å². The quantitative estimate of drug-likeness (QED) is 0.564. The van der Waals surface area contributed by atoms with Gasteiger partial charge in [0, 0.05) is 11.6 Å². The fourth-order valence-corrected chi connectivity index (χ4v) is 4.38. The molecule has 3 N–H and O–H groups in total. The zero-order valence-electron chi connectivity index (χ0n) is 15.1. The highest BCUT2D eigenvalue weighted by molar-refractivity contribution is 7.89. The molecular formula is C17H20ClN3O5S2. The summed E-state index contributed by atoms with van der Waals surface area (Å²) in [5.74, 6) is -0.556. The first-order valence-corrected chi connectivity index (χ1v) is 11.5. The number of amides is 1. The Bertz CT molecular complexity index is 1050. The maximum atomic E-state index is 12.3. The molecule has 0 fully saturated rings. The summed E-state index contributed by atoms with van der Waals surface area (Å²) in [7, 11) is -6.18. The summed E-state index contributed by atoms with van der Waals surface area (Å²) in [5.41, 5.74) is 0.553. The van der Waals surface area contributed by atoms with Crippen LogP contribution in [0.3, 0.4) is 0 Å². The number of hydrogen-bond acceptors (Lipinski definition) is 5. The van der Waals surface area contributed by atoms with Crippen LogP contribution in [-0.2, 0) is 31.4 Å². The number of benzene rings is 2. The zero-order valence-corrected chi connectivity index (χ0v) is 17.5. The van der Waals surface area contributed by atoms with Crippen molar-refractivity contribution in [2.75, 3.05) is 7.05 Å². The SMILES string of the molecule is CNS(=O)(=O)c1cccc(CNC(=O)[C@H](C)NS(=O)(=O)c2ccc(Cl)cc2)c1. The first kappa shape index (κ1) is 22.3. The Morgan fingerprint density at radius 3 is 2.25 bits per heavy atom. The van der Waals surface area contributed by atoms with Gasteiger partial charge < -0.3 is 5.32 Å². The highest BCUT2D eigenvalue weighted by Crippen LogP contribution is 2.14. The normalized spacial score (nSPS) is 13.1. The van der Waals surface area contributed by atoms with E-state index in [1.807, 2.05) is 0 Å². The smallest absolute Gasteiger partial charge is 0.241 e. The third-order valence-corrected chi connectivity index (χ3v) is 7.01. The summed E-state index contributed by atoms with van der Waals surface area (Å²) >= 11 is 5.74. The molecule has 2 aromatic carbocycles. The fraction of sp³-hybridized carbons (Fsp3) is 0.235. The van der Waals surface area contributed by atoms with E-state index in [9.17, 15) is 21.6 Å². The van der Waals surface area contributed by atoms with Crippen LogP contribution in [0.2, 0.25) is 5.02 Å². The lowest BCUT2D eigenvalue weighted by Crippen LogP contribution is -2.44. The Morgan fingerprint density at radius 1 is 1.00 bits per heavy atom. The van der Waals surface area contributed by atoms with Crippen LogP contribution in [0.25, 0.3) is 0 Å². The van der Waals surface area contributed by atoms with Crippen molar-refractivity contribution in [3.63, 3.8) is 0 Å². The third-order valence-electron chi connectivity index (χ3n) is 3.79. The monoisotopic (exact) mass is 445 g/mol. The molecule has 1 atom stereocenters. The minimum absolute atomic E-state index is 0.0125. The molecule has 8 nitrogen and oxygen atoms in total. The van der Waals surface area contributed by atoms with Crippen LogP contribution in [0.4, 0.5) is 0 Å². The van der Waals surface area contributed by atoms with Crippen molar-refractivity contribution >= 4 is 37.6 Å². The van der Waals surface area contributed by atoms with E-state index in [0.29, 0.717) is 10.6 Å². The highest BCUT2D eigenvalue weighted by atomic mass is 35.5. The number of rotatable bonds is 8. The standard InChI is InChI=1S/C17H20ClN3O5S2/c1-12(21-28(25,26)15-8-6-14(18)7-9-15)17(22)20-11-13-4-3-5-16(10-13)27(23,24)19-2/h3-10,12,19,21H,11H2,1-2H3,(H,20,22)/t12-/m0/s1. The van der Waals surface area contributed by atoms with E-state index < -0.39 is 32.0 Å². The van der Waals surface area contributed by atoms with Gasteiger partial charge in [0.15, 0.2) is 0 Å². The van der Waals surface area contributed by atoms with Gasteiger partial charge >= 0.3 is 0 Å². The van der Waals surface area contributed by atoms with Crippen LogP contribution in [0.15, 0.2) is 58.3 Å². The summed E-state index contributed by atoms with van der Waals surface area (Å²) in [6, 6.07) is 10.6. The lowest BCUT2D eigenvalue weighted by molar-refractivity contribution is -0.122. The molecule has 0 unspecified atom stereocenters. The minimum Gasteiger partial charge on any atom is -0.351 e.